The van der Waals surface area contributed by atoms with E-state index >= 15 is 0 Å². The molecule has 1 aromatic heterocycles. The lowest BCUT2D eigenvalue weighted by atomic mass is 9.98. The number of ether oxygens (including phenoxy) is 1. The van der Waals surface area contributed by atoms with E-state index in [2.05, 4.69) is 11.7 Å². The van der Waals surface area contributed by atoms with Crippen LogP contribution in [0.3, 0.4) is 0 Å². The Hall–Kier alpha value is -0.870. The molecule has 4 heteroatoms. The maximum Gasteiger partial charge on any atom is 0.311 e. The molecule has 0 amide bonds. The van der Waals surface area contributed by atoms with Crippen LogP contribution < -0.4 is 0 Å². The molecular formula is C12H18O3S. The van der Waals surface area contributed by atoms with Gasteiger partial charge in [-0.15, -0.1) is 11.3 Å². The normalized spacial score (nSPS) is 14.5. The van der Waals surface area contributed by atoms with Crippen LogP contribution in [0.4, 0.5) is 0 Å². The Kier molecular flexibility index (Phi) is 4.96. The Morgan fingerprint density at radius 1 is 1.50 bits per heavy atom. The van der Waals surface area contributed by atoms with E-state index in [1.807, 2.05) is 19.1 Å². The van der Waals surface area contributed by atoms with Crippen LogP contribution in [0, 0.1) is 5.92 Å². The van der Waals surface area contributed by atoms with Crippen LogP contribution in [-0.4, -0.2) is 18.2 Å². The highest BCUT2D eigenvalue weighted by atomic mass is 32.1. The zero-order valence-electron chi connectivity index (χ0n) is 9.90. The third-order valence-corrected chi connectivity index (χ3v) is 3.95. The molecule has 16 heavy (non-hydrogen) atoms. The molecule has 0 aliphatic carbocycles. The Morgan fingerprint density at radius 2 is 2.19 bits per heavy atom. The highest BCUT2D eigenvalue weighted by Crippen LogP contribution is 2.31. The van der Waals surface area contributed by atoms with Crippen LogP contribution >= 0.6 is 11.3 Å². The average Bonchev–Trinajstić information content (AvgIpc) is 2.78. The number of carbonyl (C=O) groups excluding carboxylic acids is 1. The predicted octanol–water partition coefficient (Wildman–Crippen LogP) is 2.54. The minimum Gasteiger partial charge on any atom is -0.469 e. The molecule has 1 aromatic rings. The highest BCUT2D eigenvalue weighted by molar-refractivity contribution is 7.12. The van der Waals surface area contributed by atoms with Crippen LogP contribution in [0.1, 0.15) is 36.1 Å². The van der Waals surface area contributed by atoms with Crippen molar-refractivity contribution in [3.8, 4) is 0 Å². The third kappa shape index (κ3) is 2.83. The fourth-order valence-electron chi connectivity index (χ4n) is 1.61. The van der Waals surface area contributed by atoms with Crippen molar-refractivity contribution in [1.29, 1.82) is 0 Å². The van der Waals surface area contributed by atoms with Gasteiger partial charge in [0.05, 0.1) is 13.0 Å². The lowest BCUT2D eigenvalue weighted by molar-refractivity contribution is -0.149. The van der Waals surface area contributed by atoms with Crippen LogP contribution in [0.25, 0.3) is 0 Å². The van der Waals surface area contributed by atoms with E-state index in [-0.39, 0.29) is 5.97 Å². The van der Waals surface area contributed by atoms with E-state index in [0.29, 0.717) is 6.42 Å². The molecule has 0 spiro atoms. The SMILES string of the molecule is CCc1ccc(C(O)C(CC)C(=O)OC)s1. The fourth-order valence-corrected chi connectivity index (χ4v) is 2.62. The Bertz CT molecular complexity index is 346. The van der Waals surface area contributed by atoms with E-state index in [4.69, 9.17) is 0 Å². The summed E-state index contributed by atoms with van der Waals surface area (Å²) in [6.45, 7) is 3.94. The van der Waals surface area contributed by atoms with Crippen molar-refractivity contribution in [1.82, 2.24) is 0 Å². The first-order chi connectivity index (χ1) is 7.63. The third-order valence-electron chi connectivity index (χ3n) is 2.65. The van der Waals surface area contributed by atoms with Crippen molar-refractivity contribution in [2.24, 2.45) is 5.92 Å². The molecule has 0 fully saturated rings. The number of carbonyl (C=O) groups is 1. The zero-order chi connectivity index (χ0) is 12.1. The van der Waals surface area contributed by atoms with E-state index in [1.165, 1.54) is 12.0 Å². The summed E-state index contributed by atoms with van der Waals surface area (Å²) in [6.07, 6.45) is 0.780. The van der Waals surface area contributed by atoms with Gasteiger partial charge in [0.25, 0.3) is 0 Å². The molecule has 1 N–H and O–H groups in total. The van der Waals surface area contributed by atoms with Crippen LogP contribution in [0.15, 0.2) is 12.1 Å². The molecule has 0 aromatic carbocycles. The van der Waals surface area contributed by atoms with Crippen LogP contribution in [-0.2, 0) is 16.0 Å². The van der Waals surface area contributed by atoms with Gasteiger partial charge in [-0.1, -0.05) is 13.8 Å². The summed E-state index contributed by atoms with van der Waals surface area (Å²) >= 11 is 1.55. The first-order valence-electron chi connectivity index (χ1n) is 5.48. The second kappa shape index (κ2) is 6.01. The lowest BCUT2D eigenvalue weighted by Crippen LogP contribution is -2.22. The number of aliphatic hydroxyl groups excluding tert-OH is 1. The number of aryl methyl sites for hydroxylation is 1. The van der Waals surface area contributed by atoms with Gasteiger partial charge in [0.2, 0.25) is 0 Å². The van der Waals surface area contributed by atoms with Gasteiger partial charge >= 0.3 is 5.97 Å². The molecule has 0 radical (unpaired) electrons. The van der Waals surface area contributed by atoms with Crippen molar-refractivity contribution < 1.29 is 14.6 Å². The molecule has 1 heterocycles. The first kappa shape index (κ1) is 13.2. The maximum absolute atomic E-state index is 11.5. The van der Waals surface area contributed by atoms with Gasteiger partial charge in [0.1, 0.15) is 6.10 Å². The van der Waals surface area contributed by atoms with E-state index < -0.39 is 12.0 Å². The quantitative estimate of drug-likeness (QED) is 0.807. The topological polar surface area (TPSA) is 46.5 Å². The smallest absolute Gasteiger partial charge is 0.311 e. The molecule has 2 atom stereocenters. The van der Waals surface area contributed by atoms with Crippen molar-refractivity contribution in [3.63, 3.8) is 0 Å². The van der Waals surface area contributed by atoms with E-state index in [1.54, 1.807) is 11.3 Å². The molecule has 2 unspecified atom stereocenters. The standard InChI is InChI=1S/C12H18O3S/c1-4-8-6-7-10(16-8)11(13)9(5-2)12(14)15-3/h6-7,9,11,13H,4-5H2,1-3H3. The molecule has 0 aliphatic rings. The number of esters is 1. The second-order valence-corrected chi connectivity index (χ2v) is 4.84. The Labute approximate surface area is 100 Å². The molecule has 0 aliphatic heterocycles. The van der Waals surface area contributed by atoms with Crippen LogP contribution in [0.2, 0.25) is 0 Å². The monoisotopic (exact) mass is 242 g/mol. The van der Waals surface area contributed by atoms with Gasteiger partial charge in [0, 0.05) is 9.75 Å². The van der Waals surface area contributed by atoms with Crippen LogP contribution in [0.5, 0.6) is 0 Å². The van der Waals surface area contributed by atoms with Crippen molar-refractivity contribution >= 4 is 17.3 Å². The lowest BCUT2D eigenvalue weighted by Gasteiger charge is -2.17. The summed E-state index contributed by atoms with van der Waals surface area (Å²) in [5.74, 6) is -0.810. The number of aliphatic hydroxyl groups is 1. The molecule has 0 bridgehead atoms. The van der Waals surface area contributed by atoms with Gasteiger partial charge in [-0.05, 0) is 25.0 Å². The summed E-state index contributed by atoms with van der Waals surface area (Å²) in [4.78, 5) is 13.5. The summed E-state index contributed by atoms with van der Waals surface area (Å²) in [5, 5.41) is 10.1. The largest absolute Gasteiger partial charge is 0.469 e. The van der Waals surface area contributed by atoms with Crippen molar-refractivity contribution in [2.45, 2.75) is 32.8 Å². The van der Waals surface area contributed by atoms with Gasteiger partial charge < -0.3 is 9.84 Å². The molecule has 0 saturated heterocycles. The molecule has 0 saturated carbocycles. The fraction of sp³-hybridized carbons (Fsp3) is 0.583. The summed E-state index contributed by atoms with van der Waals surface area (Å²) in [6, 6.07) is 3.88. The Morgan fingerprint density at radius 3 is 2.62 bits per heavy atom. The number of hydrogen-bond donors (Lipinski definition) is 1. The molecule has 90 valence electrons. The molecule has 1 rings (SSSR count). The zero-order valence-corrected chi connectivity index (χ0v) is 10.7. The first-order valence-corrected chi connectivity index (χ1v) is 6.30. The number of rotatable bonds is 5. The maximum atomic E-state index is 11.5. The average molecular weight is 242 g/mol. The van der Waals surface area contributed by atoms with Gasteiger partial charge in [0.15, 0.2) is 0 Å². The summed E-state index contributed by atoms with van der Waals surface area (Å²) in [7, 11) is 1.35. The molecule has 3 nitrogen and oxygen atoms in total. The van der Waals surface area contributed by atoms with Crippen molar-refractivity contribution in [2.75, 3.05) is 7.11 Å². The minimum atomic E-state index is -0.747. The number of thiophene rings is 1. The van der Waals surface area contributed by atoms with E-state index in [9.17, 15) is 9.90 Å². The number of hydrogen-bond acceptors (Lipinski definition) is 4. The van der Waals surface area contributed by atoms with Gasteiger partial charge in [-0.3, -0.25) is 4.79 Å². The minimum absolute atomic E-state index is 0.346. The predicted molar refractivity (Wildman–Crippen MR) is 64.5 cm³/mol. The van der Waals surface area contributed by atoms with Gasteiger partial charge in [-0.25, -0.2) is 0 Å². The Balaban J connectivity index is 2.81. The highest BCUT2D eigenvalue weighted by Gasteiger charge is 2.28. The summed E-state index contributed by atoms with van der Waals surface area (Å²) < 4.78 is 4.68. The molecular weight excluding hydrogens is 224 g/mol. The van der Waals surface area contributed by atoms with E-state index in [0.717, 1.165) is 11.3 Å². The summed E-state index contributed by atoms with van der Waals surface area (Å²) in [5.41, 5.74) is 0. The second-order valence-electron chi connectivity index (χ2n) is 3.64. The number of methoxy groups -OCH3 is 1. The van der Waals surface area contributed by atoms with Gasteiger partial charge in [-0.2, -0.15) is 0 Å². The van der Waals surface area contributed by atoms with Crippen molar-refractivity contribution in [3.05, 3.63) is 21.9 Å².